The third-order valence-electron chi connectivity index (χ3n) is 5.42. The van der Waals surface area contributed by atoms with Gasteiger partial charge in [-0.3, -0.25) is 0 Å². The van der Waals surface area contributed by atoms with Crippen LogP contribution in [0, 0.1) is 11.3 Å². The molecule has 4 aromatic carbocycles. The summed E-state index contributed by atoms with van der Waals surface area (Å²) in [6, 6.07) is 30.9. The summed E-state index contributed by atoms with van der Waals surface area (Å²) >= 11 is 0. The predicted molar refractivity (Wildman–Crippen MR) is 113 cm³/mol. The Kier molecular flexibility index (Phi) is 2.95. The highest BCUT2D eigenvalue weighted by Crippen LogP contribution is 2.35. The van der Waals surface area contributed by atoms with E-state index in [1.807, 2.05) is 48.5 Å². The molecule has 28 heavy (non-hydrogen) atoms. The molecule has 0 fully saturated rings. The number of para-hydroxylation sites is 2. The lowest BCUT2D eigenvalue weighted by Gasteiger charge is -2.08. The van der Waals surface area contributed by atoms with Gasteiger partial charge in [-0.1, -0.05) is 36.4 Å². The standard InChI is InChI=1S/C25H14N2O/c26-15-16-9-11-23-20(13-16)18-5-1-3-7-22(18)27(23)17-10-12-25-21(14-17)19-6-2-4-8-24(19)28-25/h1-14H. The molecule has 0 radical (unpaired) electrons. The van der Waals surface area contributed by atoms with Gasteiger partial charge in [0.2, 0.25) is 0 Å². The predicted octanol–water partition coefficient (Wildman–Crippen LogP) is 6.55. The Balaban J connectivity index is 1.74. The minimum Gasteiger partial charge on any atom is -0.456 e. The van der Waals surface area contributed by atoms with E-state index in [1.54, 1.807) is 0 Å². The van der Waals surface area contributed by atoms with Crippen LogP contribution in [0.15, 0.2) is 89.3 Å². The van der Waals surface area contributed by atoms with Crippen LogP contribution in [0.3, 0.4) is 0 Å². The third kappa shape index (κ3) is 1.97. The van der Waals surface area contributed by atoms with Gasteiger partial charge in [-0.05, 0) is 48.5 Å². The maximum Gasteiger partial charge on any atom is 0.135 e. The molecule has 2 aromatic heterocycles. The first-order valence-electron chi connectivity index (χ1n) is 9.18. The quantitative estimate of drug-likeness (QED) is 0.334. The van der Waals surface area contributed by atoms with Crippen molar-refractivity contribution in [3.8, 4) is 11.8 Å². The monoisotopic (exact) mass is 358 g/mol. The van der Waals surface area contributed by atoms with E-state index in [0.717, 1.165) is 49.4 Å². The number of furan rings is 1. The molecule has 0 saturated heterocycles. The first-order valence-corrected chi connectivity index (χ1v) is 9.18. The molecule has 0 aliphatic rings. The molecule has 0 unspecified atom stereocenters. The summed E-state index contributed by atoms with van der Waals surface area (Å²) in [5.74, 6) is 0. The zero-order valence-corrected chi connectivity index (χ0v) is 14.9. The Morgan fingerprint density at radius 3 is 2.29 bits per heavy atom. The molecule has 0 aliphatic heterocycles. The van der Waals surface area contributed by atoms with Crippen LogP contribution in [0.1, 0.15) is 5.56 Å². The van der Waals surface area contributed by atoms with E-state index in [-0.39, 0.29) is 0 Å². The van der Waals surface area contributed by atoms with Gasteiger partial charge in [0.1, 0.15) is 11.2 Å². The Bertz CT molecular complexity index is 1580. The molecule has 0 saturated carbocycles. The van der Waals surface area contributed by atoms with E-state index in [0.29, 0.717) is 5.56 Å². The number of benzene rings is 4. The fourth-order valence-electron chi connectivity index (χ4n) is 4.17. The lowest BCUT2D eigenvalue weighted by Crippen LogP contribution is -1.93. The van der Waals surface area contributed by atoms with Crippen molar-refractivity contribution in [2.45, 2.75) is 0 Å². The SMILES string of the molecule is N#Cc1ccc2c(c1)c1ccccc1n2-c1ccc2oc3ccccc3c2c1. The van der Waals surface area contributed by atoms with E-state index in [4.69, 9.17) is 4.42 Å². The van der Waals surface area contributed by atoms with E-state index < -0.39 is 0 Å². The average molecular weight is 358 g/mol. The second-order valence-electron chi connectivity index (χ2n) is 6.97. The van der Waals surface area contributed by atoms with Gasteiger partial charge in [0.25, 0.3) is 0 Å². The normalized spacial score (nSPS) is 11.5. The highest BCUT2D eigenvalue weighted by Gasteiger charge is 2.14. The Morgan fingerprint density at radius 1 is 0.643 bits per heavy atom. The highest BCUT2D eigenvalue weighted by atomic mass is 16.3. The van der Waals surface area contributed by atoms with Crippen LogP contribution in [0.2, 0.25) is 0 Å². The van der Waals surface area contributed by atoms with Gasteiger partial charge >= 0.3 is 0 Å². The average Bonchev–Trinajstić information content (AvgIpc) is 3.28. The second-order valence-corrected chi connectivity index (χ2v) is 6.97. The maximum atomic E-state index is 9.32. The van der Waals surface area contributed by atoms with Crippen LogP contribution in [-0.4, -0.2) is 4.57 Å². The van der Waals surface area contributed by atoms with Crippen molar-refractivity contribution in [1.29, 1.82) is 5.26 Å². The van der Waals surface area contributed by atoms with Crippen LogP contribution in [0.5, 0.6) is 0 Å². The fourth-order valence-corrected chi connectivity index (χ4v) is 4.17. The van der Waals surface area contributed by atoms with Gasteiger partial charge < -0.3 is 8.98 Å². The van der Waals surface area contributed by atoms with Crippen molar-refractivity contribution in [2.75, 3.05) is 0 Å². The summed E-state index contributed by atoms with van der Waals surface area (Å²) in [4.78, 5) is 0. The van der Waals surface area contributed by atoms with Crippen molar-refractivity contribution in [1.82, 2.24) is 4.57 Å². The molecular weight excluding hydrogens is 344 g/mol. The number of hydrogen-bond acceptors (Lipinski definition) is 2. The minimum absolute atomic E-state index is 0.673. The molecule has 0 bridgehead atoms. The molecule has 0 atom stereocenters. The van der Waals surface area contributed by atoms with Crippen molar-refractivity contribution < 1.29 is 4.42 Å². The molecule has 0 N–H and O–H groups in total. The van der Waals surface area contributed by atoms with E-state index in [9.17, 15) is 5.26 Å². The Morgan fingerprint density at radius 2 is 1.39 bits per heavy atom. The van der Waals surface area contributed by atoms with Crippen LogP contribution < -0.4 is 0 Å². The fraction of sp³-hybridized carbons (Fsp3) is 0. The molecule has 6 aromatic rings. The molecule has 2 heterocycles. The highest BCUT2D eigenvalue weighted by molar-refractivity contribution is 6.10. The van der Waals surface area contributed by atoms with E-state index in [2.05, 4.69) is 47.0 Å². The van der Waals surface area contributed by atoms with Gasteiger partial charge in [-0.25, -0.2) is 0 Å². The summed E-state index contributed by atoms with van der Waals surface area (Å²) in [5.41, 5.74) is 5.75. The molecule has 6 rings (SSSR count). The van der Waals surface area contributed by atoms with E-state index in [1.165, 1.54) is 0 Å². The minimum atomic E-state index is 0.673. The zero-order chi connectivity index (χ0) is 18.7. The number of nitriles is 1. The van der Waals surface area contributed by atoms with E-state index >= 15 is 0 Å². The molecule has 3 heteroatoms. The van der Waals surface area contributed by atoms with Gasteiger partial charge in [0, 0.05) is 27.2 Å². The van der Waals surface area contributed by atoms with Gasteiger partial charge in [-0.2, -0.15) is 5.26 Å². The topological polar surface area (TPSA) is 41.9 Å². The van der Waals surface area contributed by atoms with Gasteiger partial charge in [0.15, 0.2) is 0 Å². The first-order chi connectivity index (χ1) is 13.8. The summed E-state index contributed by atoms with van der Waals surface area (Å²) < 4.78 is 8.24. The summed E-state index contributed by atoms with van der Waals surface area (Å²) in [6.07, 6.45) is 0. The summed E-state index contributed by atoms with van der Waals surface area (Å²) in [5, 5.41) is 13.8. The zero-order valence-electron chi connectivity index (χ0n) is 14.9. The van der Waals surface area contributed by atoms with Gasteiger partial charge in [0.05, 0.1) is 22.7 Å². The first kappa shape index (κ1) is 15.1. The molecule has 0 aliphatic carbocycles. The van der Waals surface area contributed by atoms with Crippen LogP contribution in [-0.2, 0) is 0 Å². The molecular formula is C25H14N2O. The Labute approximate surface area is 160 Å². The third-order valence-corrected chi connectivity index (χ3v) is 5.42. The van der Waals surface area contributed by atoms with Crippen LogP contribution >= 0.6 is 0 Å². The lowest BCUT2D eigenvalue weighted by molar-refractivity contribution is 0.669. The number of nitrogens with zero attached hydrogens (tertiary/aromatic N) is 2. The van der Waals surface area contributed by atoms with Crippen molar-refractivity contribution >= 4 is 43.7 Å². The summed E-state index contributed by atoms with van der Waals surface area (Å²) in [7, 11) is 0. The second kappa shape index (κ2) is 5.48. The van der Waals surface area contributed by atoms with Crippen molar-refractivity contribution in [3.05, 3.63) is 90.5 Å². The largest absolute Gasteiger partial charge is 0.456 e. The molecule has 3 nitrogen and oxygen atoms in total. The van der Waals surface area contributed by atoms with Gasteiger partial charge in [-0.15, -0.1) is 0 Å². The lowest BCUT2D eigenvalue weighted by atomic mass is 10.1. The molecule has 0 amide bonds. The maximum absolute atomic E-state index is 9.32. The number of hydrogen-bond donors (Lipinski definition) is 0. The smallest absolute Gasteiger partial charge is 0.135 e. The van der Waals surface area contributed by atoms with Crippen molar-refractivity contribution in [3.63, 3.8) is 0 Å². The summed E-state index contributed by atoms with van der Waals surface area (Å²) in [6.45, 7) is 0. The van der Waals surface area contributed by atoms with Crippen LogP contribution in [0.4, 0.5) is 0 Å². The van der Waals surface area contributed by atoms with Crippen LogP contribution in [0.25, 0.3) is 49.4 Å². The molecule has 130 valence electrons. The Hall–Kier alpha value is -4.03. The number of rotatable bonds is 1. The van der Waals surface area contributed by atoms with Crippen molar-refractivity contribution in [2.24, 2.45) is 0 Å². The molecule has 0 spiro atoms. The number of fused-ring (bicyclic) bond motifs is 6. The number of aromatic nitrogens is 1.